The Labute approximate surface area is 92.5 Å². The minimum atomic E-state index is -0.899. The molecule has 1 unspecified atom stereocenters. The third kappa shape index (κ3) is 1.65. The quantitative estimate of drug-likeness (QED) is 0.796. The van der Waals surface area contributed by atoms with Crippen LogP contribution in [0.1, 0.15) is 11.5 Å². The summed E-state index contributed by atoms with van der Waals surface area (Å²) in [6.07, 6.45) is 1.70. The molecule has 2 rings (SSSR count). The molecule has 1 aromatic heterocycles. The van der Waals surface area contributed by atoms with Gasteiger partial charge < -0.3 is 15.4 Å². The average Bonchev–Trinajstić information content (AvgIpc) is 2.61. The van der Waals surface area contributed by atoms with E-state index in [0.717, 1.165) is 11.0 Å². The number of rotatable bonds is 3. The highest BCUT2D eigenvalue weighted by Crippen LogP contribution is 2.20. The maximum Gasteiger partial charge on any atom is 0.312 e. The molecule has 0 bridgehead atoms. The molecular formula is C11H13N3O2. The van der Waals surface area contributed by atoms with Crippen molar-refractivity contribution in [3.05, 3.63) is 30.1 Å². The predicted molar refractivity (Wildman–Crippen MR) is 60.1 cm³/mol. The van der Waals surface area contributed by atoms with Crippen LogP contribution in [0.5, 0.6) is 0 Å². The summed E-state index contributed by atoms with van der Waals surface area (Å²) in [6.45, 7) is 0.0959. The Hall–Kier alpha value is -1.88. The van der Waals surface area contributed by atoms with Crippen LogP contribution < -0.4 is 5.73 Å². The molecule has 16 heavy (non-hydrogen) atoms. The molecule has 2 aromatic rings. The van der Waals surface area contributed by atoms with Gasteiger partial charge in [0.25, 0.3) is 0 Å². The van der Waals surface area contributed by atoms with Crippen LogP contribution >= 0.6 is 0 Å². The molecule has 0 aliphatic heterocycles. The molecule has 3 N–H and O–H groups in total. The number of hydrogen-bond donors (Lipinski definition) is 2. The van der Waals surface area contributed by atoms with Gasteiger partial charge in [-0.1, -0.05) is 6.07 Å². The molecule has 0 aliphatic carbocycles. The number of nitrogens with zero attached hydrogens (tertiary/aromatic N) is 2. The summed E-state index contributed by atoms with van der Waals surface area (Å²) in [5.74, 6) is -1.55. The van der Waals surface area contributed by atoms with Crippen LogP contribution in [0.15, 0.2) is 24.5 Å². The molecule has 0 saturated heterocycles. The van der Waals surface area contributed by atoms with E-state index in [1.165, 1.54) is 0 Å². The molecule has 0 amide bonds. The van der Waals surface area contributed by atoms with Crippen molar-refractivity contribution in [3.63, 3.8) is 0 Å². The molecule has 5 nitrogen and oxygen atoms in total. The number of benzene rings is 1. The van der Waals surface area contributed by atoms with Crippen LogP contribution in [0, 0.1) is 0 Å². The zero-order chi connectivity index (χ0) is 11.7. The van der Waals surface area contributed by atoms with Crippen LogP contribution in [0.25, 0.3) is 11.0 Å². The van der Waals surface area contributed by atoms with Crippen LogP contribution in [0.2, 0.25) is 0 Å². The maximum absolute atomic E-state index is 11.0. The van der Waals surface area contributed by atoms with E-state index in [9.17, 15) is 4.79 Å². The lowest BCUT2D eigenvalue weighted by atomic mass is 9.99. The monoisotopic (exact) mass is 219 g/mol. The van der Waals surface area contributed by atoms with Crippen LogP contribution in [0.4, 0.5) is 0 Å². The Morgan fingerprint density at radius 2 is 2.38 bits per heavy atom. The summed E-state index contributed by atoms with van der Waals surface area (Å²) >= 11 is 0. The largest absolute Gasteiger partial charge is 0.481 e. The Balaban J connectivity index is 2.52. The van der Waals surface area contributed by atoms with Gasteiger partial charge in [0, 0.05) is 13.6 Å². The van der Waals surface area contributed by atoms with E-state index in [1.807, 2.05) is 23.7 Å². The molecule has 0 radical (unpaired) electrons. The second-order valence-corrected chi connectivity index (χ2v) is 3.73. The predicted octanol–water partition coefficient (Wildman–Crippen LogP) is 0.700. The topological polar surface area (TPSA) is 81.1 Å². The van der Waals surface area contributed by atoms with Crippen molar-refractivity contribution in [1.29, 1.82) is 0 Å². The fourth-order valence-corrected chi connectivity index (χ4v) is 1.74. The highest BCUT2D eigenvalue weighted by molar-refractivity contribution is 5.81. The summed E-state index contributed by atoms with van der Waals surface area (Å²) in [5.41, 5.74) is 7.94. The van der Waals surface area contributed by atoms with Crippen molar-refractivity contribution in [1.82, 2.24) is 9.55 Å². The van der Waals surface area contributed by atoms with Gasteiger partial charge in [0.05, 0.1) is 23.3 Å². The van der Waals surface area contributed by atoms with E-state index in [2.05, 4.69) is 4.98 Å². The van der Waals surface area contributed by atoms with E-state index in [-0.39, 0.29) is 6.54 Å². The number of aryl methyl sites for hydroxylation is 1. The maximum atomic E-state index is 11.0. The van der Waals surface area contributed by atoms with Gasteiger partial charge in [0.1, 0.15) is 0 Å². The highest BCUT2D eigenvalue weighted by Gasteiger charge is 2.18. The lowest BCUT2D eigenvalue weighted by Gasteiger charge is -2.10. The van der Waals surface area contributed by atoms with E-state index < -0.39 is 11.9 Å². The lowest BCUT2D eigenvalue weighted by Crippen LogP contribution is -2.21. The van der Waals surface area contributed by atoms with Crippen LogP contribution in [0.3, 0.4) is 0 Å². The number of carboxylic acid groups (broad SMARTS) is 1. The van der Waals surface area contributed by atoms with Crippen LogP contribution in [-0.2, 0) is 11.8 Å². The summed E-state index contributed by atoms with van der Waals surface area (Å²) in [7, 11) is 1.87. The Morgan fingerprint density at radius 1 is 1.62 bits per heavy atom. The number of fused-ring (bicyclic) bond motifs is 1. The Morgan fingerprint density at radius 3 is 3.00 bits per heavy atom. The number of aromatic nitrogens is 2. The zero-order valence-corrected chi connectivity index (χ0v) is 8.92. The van der Waals surface area contributed by atoms with Gasteiger partial charge in [0.2, 0.25) is 0 Å². The minimum Gasteiger partial charge on any atom is -0.481 e. The summed E-state index contributed by atoms with van der Waals surface area (Å²) in [5, 5.41) is 9.02. The van der Waals surface area contributed by atoms with E-state index in [1.54, 1.807) is 12.4 Å². The number of carbonyl (C=O) groups is 1. The van der Waals surface area contributed by atoms with Gasteiger partial charge in [-0.25, -0.2) is 4.98 Å². The Kier molecular flexibility index (Phi) is 2.62. The molecule has 0 fully saturated rings. The molecule has 0 spiro atoms. The summed E-state index contributed by atoms with van der Waals surface area (Å²) in [6, 6.07) is 5.41. The van der Waals surface area contributed by atoms with E-state index in [0.29, 0.717) is 5.56 Å². The minimum absolute atomic E-state index is 0.0959. The second kappa shape index (κ2) is 3.94. The first kappa shape index (κ1) is 10.6. The fraction of sp³-hybridized carbons (Fsp3) is 0.273. The van der Waals surface area contributed by atoms with Crippen molar-refractivity contribution < 1.29 is 9.90 Å². The van der Waals surface area contributed by atoms with Gasteiger partial charge in [-0.15, -0.1) is 0 Å². The van der Waals surface area contributed by atoms with Gasteiger partial charge in [-0.05, 0) is 17.7 Å². The zero-order valence-electron chi connectivity index (χ0n) is 8.92. The van der Waals surface area contributed by atoms with Crippen LogP contribution in [-0.4, -0.2) is 27.2 Å². The smallest absolute Gasteiger partial charge is 0.312 e. The number of nitrogens with two attached hydrogens (primary N) is 1. The highest BCUT2D eigenvalue weighted by atomic mass is 16.4. The number of hydrogen-bond acceptors (Lipinski definition) is 3. The summed E-state index contributed by atoms with van der Waals surface area (Å²) in [4.78, 5) is 15.2. The Bertz CT molecular complexity index is 533. The lowest BCUT2D eigenvalue weighted by molar-refractivity contribution is -0.138. The van der Waals surface area contributed by atoms with E-state index in [4.69, 9.17) is 10.8 Å². The van der Waals surface area contributed by atoms with Crippen molar-refractivity contribution >= 4 is 17.0 Å². The molecule has 0 aliphatic rings. The number of carboxylic acids is 1. The average molecular weight is 219 g/mol. The third-order valence-electron chi connectivity index (χ3n) is 2.69. The van der Waals surface area contributed by atoms with Crippen molar-refractivity contribution in [3.8, 4) is 0 Å². The molecule has 84 valence electrons. The standard InChI is InChI=1S/C11H13N3O2/c1-14-6-13-9-3-2-7(4-10(9)14)8(5-12)11(15)16/h2-4,6,8H,5,12H2,1H3,(H,15,16). The molecular weight excluding hydrogens is 206 g/mol. The molecule has 1 aromatic carbocycles. The van der Waals surface area contributed by atoms with Gasteiger partial charge >= 0.3 is 5.97 Å². The SMILES string of the molecule is Cn1cnc2ccc(C(CN)C(=O)O)cc21. The third-order valence-corrected chi connectivity index (χ3v) is 2.69. The first-order valence-electron chi connectivity index (χ1n) is 4.97. The fourth-order valence-electron chi connectivity index (χ4n) is 1.74. The van der Waals surface area contributed by atoms with Gasteiger partial charge in [-0.2, -0.15) is 0 Å². The first-order chi connectivity index (χ1) is 7.63. The van der Waals surface area contributed by atoms with Crippen molar-refractivity contribution in [2.45, 2.75) is 5.92 Å². The molecule has 1 heterocycles. The van der Waals surface area contributed by atoms with E-state index >= 15 is 0 Å². The second-order valence-electron chi connectivity index (χ2n) is 3.73. The van der Waals surface area contributed by atoms with Crippen molar-refractivity contribution in [2.24, 2.45) is 12.8 Å². The molecule has 0 saturated carbocycles. The number of imidazole rings is 1. The van der Waals surface area contributed by atoms with Gasteiger partial charge in [0.15, 0.2) is 0 Å². The molecule has 1 atom stereocenters. The first-order valence-corrected chi connectivity index (χ1v) is 4.97. The van der Waals surface area contributed by atoms with Gasteiger partial charge in [-0.3, -0.25) is 4.79 Å². The van der Waals surface area contributed by atoms with Crippen molar-refractivity contribution in [2.75, 3.05) is 6.54 Å². The number of aliphatic carboxylic acids is 1. The molecule has 5 heteroatoms. The normalized spacial score (nSPS) is 12.9. The summed E-state index contributed by atoms with van der Waals surface area (Å²) < 4.78 is 1.86.